The standard InChI is InChI=1S/C12H11F6O2Si2/c1-6(2-3-22-20-21)10-8(12(16,17)18)4-7(5-9(10)19)11(13,14)15/h4-6,19H,2-3H2,1H3. The second kappa shape index (κ2) is 7.05. The zero-order valence-corrected chi connectivity index (χ0v) is 13.3. The van der Waals surface area contributed by atoms with E-state index in [9.17, 15) is 31.4 Å². The van der Waals surface area contributed by atoms with E-state index >= 15 is 0 Å². The Balaban J connectivity index is 3.31. The van der Waals surface area contributed by atoms with Crippen LogP contribution in [0.4, 0.5) is 26.3 Å². The van der Waals surface area contributed by atoms with E-state index in [0.717, 1.165) is 0 Å². The molecule has 1 aromatic rings. The van der Waals surface area contributed by atoms with Gasteiger partial charge in [-0.15, -0.1) is 0 Å². The van der Waals surface area contributed by atoms with Crippen molar-refractivity contribution in [3.8, 4) is 5.75 Å². The lowest BCUT2D eigenvalue weighted by Crippen LogP contribution is -2.15. The Morgan fingerprint density at radius 2 is 1.77 bits per heavy atom. The molecule has 0 aliphatic heterocycles. The average molecular weight is 357 g/mol. The lowest BCUT2D eigenvalue weighted by molar-refractivity contribution is -0.143. The van der Waals surface area contributed by atoms with Crippen molar-refractivity contribution < 1.29 is 35.6 Å². The first-order valence-electron chi connectivity index (χ1n) is 6.05. The van der Waals surface area contributed by atoms with Gasteiger partial charge in [-0.1, -0.05) is 6.92 Å². The van der Waals surface area contributed by atoms with Crippen molar-refractivity contribution in [2.24, 2.45) is 0 Å². The van der Waals surface area contributed by atoms with Crippen molar-refractivity contribution >= 4 is 20.2 Å². The summed E-state index contributed by atoms with van der Waals surface area (Å²) in [5.41, 5.74) is -3.52. The van der Waals surface area contributed by atoms with Gasteiger partial charge in [0.1, 0.15) is 5.75 Å². The fourth-order valence-electron chi connectivity index (χ4n) is 2.02. The third-order valence-electron chi connectivity index (χ3n) is 3.04. The zero-order valence-electron chi connectivity index (χ0n) is 11.3. The number of phenolic OH excluding ortho intramolecular Hbond substituents is 1. The number of hydrogen-bond acceptors (Lipinski definition) is 2. The molecule has 1 unspecified atom stereocenters. The van der Waals surface area contributed by atoms with E-state index in [4.69, 9.17) is 0 Å². The lowest BCUT2D eigenvalue weighted by atomic mass is 9.90. The molecule has 1 aromatic carbocycles. The summed E-state index contributed by atoms with van der Waals surface area (Å²) in [4.78, 5) is 0. The van der Waals surface area contributed by atoms with Crippen LogP contribution in [-0.4, -0.2) is 25.4 Å². The summed E-state index contributed by atoms with van der Waals surface area (Å²) < 4.78 is 81.6. The summed E-state index contributed by atoms with van der Waals surface area (Å²) in [6.45, 7) is 1.41. The van der Waals surface area contributed by atoms with E-state index in [1.165, 1.54) is 6.92 Å². The summed E-state index contributed by atoms with van der Waals surface area (Å²) in [5, 5.41) is 9.69. The fourth-order valence-corrected chi connectivity index (χ4v) is 2.98. The predicted molar refractivity (Wildman–Crippen MR) is 68.5 cm³/mol. The molecule has 0 heterocycles. The highest BCUT2D eigenvalue weighted by Crippen LogP contribution is 2.44. The Morgan fingerprint density at radius 3 is 2.23 bits per heavy atom. The van der Waals surface area contributed by atoms with Crippen LogP contribution in [0.3, 0.4) is 0 Å². The second-order valence-corrected chi connectivity index (χ2v) is 6.24. The van der Waals surface area contributed by atoms with Crippen molar-refractivity contribution in [2.45, 2.75) is 37.7 Å². The molecule has 0 amide bonds. The van der Waals surface area contributed by atoms with E-state index in [1.54, 1.807) is 0 Å². The molecule has 0 aliphatic carbocycles. The first-order valence-corrected chi connectivity index (χ1v) is 7.57. The number of alkyl halides is 6. The lowest BCUT2D eigenvalue weighted by Gasteiger charge is -2.21. The first-order chi connectivity index (χ1) is 9.98. The smallest absolute Gasteiger partial charge is 0.416 e. The summed E-state index contributed by atoms with van der Waals surface area (Å²) in [6.07, 6.45) is -9.73. The van der Waals surface area contributed by atoms with Crippen LogP contribution in [-0.2, 0) is 16.5 Å². The van der Waals surface area contributed by atoms with Crippen LogP contribution in [0.2, 0.25) is 6.04 Å². The van der Waals surface area contributed by atoms with Crippen LogP contribution in [0.1, 0.15) is 36.0 Å². The van der Waals surface area contributed by atoms with Crippen LogP contribution in [0.5, 0.6) is 5.75 Å². The maximum Gasteiger partial charge on any atom is 0.416 e. The maximum atomic E-state index is 13.0. The van der Waals surface area contributed by atoms with Crippen LogP contribution in [0, 0.1) is 0 Å². The molecule has 0 fully saturated rings. The van der Waals surface area contributed by atoms with Gasteiger partial charge in [0.05, 0.1) is 11.1 Å². The Morgan fingerprint density at radius 1 is 1.18 bits per heavy atom. The molecule has 10 heteroatoms. The molecule has 0 bridgehead atoms. The van der Waals surface area contributed by atoms with Crippen LogP contribution in [0.15, 0.2) is 12.1 Å². The number of halogens is 6. The first kappa shape index (κ1) is 19.0. The van der Waals surface area contributed by atoms with Gasteiger partial charge in [-0.2, -0.15) is 26.3 Å². The van der Waals surface area contributed by atoms with Crippen molar-refractivity contribution in [3.05, 3.63) is 28.8 Å². The van der Waals surface area contributed by atoms with E-state index in [0.29, 0.717) is 12.1 Å². The van der Waals surface area contributed by atoms with Gasteiger partial charge in [-0.25, -0.2) is 0 Å². The Kier molecular flexibility index (Phi) is 6.10. The largest absolute Gasteiger partial charge is 0.508 e. The molecule has 1 N–H and O–H groups in total. The Labute approximate surface area is 129 Å². The second-order valence-electron chi connectivity index (χ2n) is 4.64. The van der Waals surface area contributed by atoms with Gasteiger partial charge in [-0.3, -0.25) is 0 Å². The molecule has 0 aromatic heterocycles. The Bertz CT molecular complexity index is 516. The maximum absolute atomic E-state index is 13.0. The minimum atomic E-state index is -4.99. The number of phenols is 1. The molecule has 0 saturated carbocycles. The van der Waals surface area contributed by atoms with Crippen LogP contribution >= 0.6 is 0 Å². The van der Waals surface area contributed by atoms with Gasteiger partial charge in [-0.05, 0) is 30.5 Å². The molecule has 5 radical (unpaired) electrons. The van der Waals surface area contributed by atoms with Gasteiger partial charge in [0.15, 0.2) is 0 Å². The third kappa shape index (κ3) is 4.75. The Hall–Kier alpha value is -1.01. The highest BCUT2D eigenvalue weighted by atomic mass is 28.3. The molecule has 2 nitrogen and oxygen atoms in total. The molecule has 22 heavy (non-hydrogen) atoms. The molecular formula is C12H11F6O2Si2. The molecule has 0 spiro atoms. The van der Waals surface area contributed by atoms with E-state index in [-0.39, 0.29) is 22.3 Å². The zero-order chi connectivity index (χ0) is 17.1. The van der Waals surface area contributed by atoms with Crippen molar-refractivity contribution in [1.29, 1.82) is 0 Å². The molecule has 1 rings (SSSR count). The van der Waals surface area contributed by atoms with Gasteiger partial charge in [0, 0.05) is 5.56 Å². The van der Waals surface area contributed by atoms with E-state index < -0.39 is 40.7 Å². The van der Waals surface area contributed by atoms with Crippen molar-refractivity contribution in [3.63, 3.8) is 0 Å². The quantitative estimate of drug-likeness (QED) is 0.489. The number of hydrogen-bond donors (Lipinski definition) is 1. The molecule has 1 atom stereocenters. The third-order valence-corrected chi connectivity index (χ3v) is 4.11. The topological polar surface area (TPSA) is 29.5 Å². The highest BCUT2D eigenvalue weighted by molar-refractivity contribution is 6.34. The predicted octanol–water partition coefficient (Wildman–Crippen LogP) is 4.06. The van der Waals surface area contributed by atoms with Gasteiger partial charge >= 0.3 is 12.4 Å². The number of aromatic hydroxyl groups is 1. The number of rotatable bonds is 5. The number of benzene rings is 1. The van der Waals surface area contributed by atoms with E-state index in [2.05, 4.69) is 14.6 Å². The summed E-state index contributed by atoms with van der Waals surface area (Å²) in [5.74, 6) is -1.77. The van der Waals surface area contributed by atoms with Crippen LogP contribution < -0.4 is 0 Å². The molecule has 0 saturated heterocycles. The van der Waals surface area contributed by atoms with E-state index in [1.807, 2.05) is 0 Å². The highest BCUT2D eigenvalue weighted by Gasteiger charge is 2.40. The molecule has 121 valence electrons. The molecule has 0 aliphatic rings. The van der Waals surface area contributed by atoms with Gasteiger partial charge in [0.2, 0.25) is 20.2 Å². The van der Waals surface area contributed by atoms with Crippen LogP contribution in [0.25, 0.3) is 0 Å². The van der Waals surface area contributed by atoms with Gasteiger partial charge in [0.25, 0.3) is 0 Å². The van der Waals surface area contributed by atoms with Crippen molar-refractivity contribution in [2.75, 3.05) is 0 Å². The monoisotopic (exact) mass is 357 g/mol. The van der Waals surface area contributed by atoms with Gasteiger partial charge < -0.3 is 9.22 Å². The summed E-state index contributed by atoms with van der Waals surface area (Å²) in [7, 11) is 2.74. The molecular weight excluding hydrogens is 346 g/mol. The summed E-state index contributed by atoms with van der Waals surface area (Å²) in [6, 6.07) is 0.765. The SMILES string of the molecule is CC(CC[Si]O[Si])c1c(O)cc(C(F)(F)F)cc1C(F)(F)F. The average Bonchev–Trinajstić information content (AvgIpc) is 2.35. The fraction of sp³-hybridized carbons (Fsp3) is 0.500. The summed E-state index contributed by atoms with van der Waals surface area (Å²) >= 11 is 0. The minimum absolute atomic E-state index is 0.00792. The normalized spacial score (nSPS) is 14.2. The van der Waals surface area contributed by atoms with Crippen molar-refractivity contribution in [1.82, 2.24) is 0 Å². The minimum Gasteiger partial charge on any atom is -0.508 e.